The number of carboxylic acid groups (broad SMARTS) is 1. The molecule has 0 aliphatic carbocycles. The number of imidazole rings is 1. The number of halogens is 1. The lowest BCUT2D eigenvalue weighted by Gasteiger charge is -2.05. The normalized spacial score (nSPS) is 11.3. The van der Waals surface area contributed by atoms with Crippen LogP contribution in [0.15, 0.2) is 42.6 Å². The molecule has 0 spiro atoms. The van der Waals surface area contributed by atoms with Crippen LogP contribution in [0.5, 0.6) is 0 Å². The molecule has 0 unspecified atom stereocenters. The Hall–Kier alpha value is -2.44. The summed E-state index contributed by atoms with van der Waals surface area (Å²) in [6.07, 6.45) is 1.65. The van der Waals surface area contributed by atoms with E-state index < -0.39 is 5.97 Å². The predicted octanol–water partition coefficient (Wildman–Crippen LogP) is 3.89. The van der Waals surface area contributed by atoms with E-state index >= 15 is 0 Å². The highest BCUT2D eigenvalue weighted by Gasteiger charge is 2.20. The molecule has 7 heteroatoms. The molecule has 5 nitrogen and oxygen atoms in total. The Morgan fingerprint density at radius 3 is 2.78 bits per heavy atom. The summed E-state index contributed by atoms with van der Waals surface area (Å²) in [6.45, 7) is 0. The number of hydrogen-bond acceptors (Lipinski definition) is 4. The van der Waals surface area contributed by atoms with Crippen LogP contribution in [0.1, 0.15) is 4.88 Å². The number of carboxylic acids is 1. The van der Waals surface area contributed by atoms with E-state index in [1.54, 1.807) is 18.3 Å². The maximum atomic E-state index is 11.2. The number of pyridine rings is 1. The van der Waals surface area contributed by atoms with Crippen LogP contribution >= 0.6 is 22.9 Å². The fourth-order valence-corrected chi connectivity index (χ4v) is 3.88. The zero-order valence-electron chi connectivity index (χ0n) is 11.7. The molecule has 0 saturated heterocycles. The lowest BCUT2D eigenvalue weighted by molar-refractivity contribution is -0.136. The highest BCUT2D eigenvalue weighted by atomic mass is 35.5. The van der Waals surface area contributed by atoms with Crippen molar-refractivity contribution in [3.8, 4) is 11.3 Å². The van der Waals surface area contributed by atoms with Crippen LogP contribution in [0.25, 0.3) is 27.4 Å². The molecule has 114 valence electrons. The molecule has 1 N–H and O–H groups in total. The molecule has 0 atom stereocenters. The first-order chi connectivity index (χ1) is 11.1. The average Bonchev–Trinajstić information content (AvgIpc) is 3.03. The van der Waals surface area contributed by atoms with E-state index in [9.17, 15) is 9.90 Å². The zero-order valence-corrected chi connectivity index (χ0v) is 13.3. The second-order valence-electron chi connectivity index (χ2n) is 5.03. The van der Waals surface area contributed by atoms with E-state index in [-0.39, 0.29) is 6.42 Å². The van der Waals surface area contributed by atoms with E-state index in [0.29, 0.717) is 10.7 Å². The molecule has 0 radical (unpaired) electrons. The summed E-state index contributed by atoms with van der Waals surface area (Å²) >= 11 is 7.34. The van der Waals surface area contributed by atoms with Crippen molar-refractivity contribution >= 4 is 45.0 Å². The van der Waals surface area contributed by atoms with Crippen molar-refractivity contribution in [1.29, 1.82) is 0 Å². The van der Waals surface area contributed by atoms with E-state index in [0.717, 1.165) is 26.6 Å². The second kappa shape index (κ2) is 5.33. The number of rotatable bonds is 3. The maximum absolute atomic E-state index is 11.2. The molecule has 0 fully saturated rings. The van der Waals surface area contributed by atoms with Crippen molar-refractivity contribution in [2.45, 2.75) is 6.42 Å². The van der Waals surface area contributed by atoms with Crippen LogP contribution in [0, 0.1) is 0 Å². The molecule has 0 aliphatic rings. The van der Waals surface area contributed by atoms with Gasteiger partial charge in [0.05, 0.1) is 17.6 Å². The van der Waals surface area contributed by atoms with E-state index in [1.165, 1.54) is 11.3 Å². The summed E-state index contributed by atoms with van der Waals surface area (Å²) in [4.78, 5) is 21.5. The van der Waals surface area contributed by atoms with Crippen LogP contribution < -0.4 is 0 Å². The van der Waals surface area contributed by atoms with Crippen LogP contribution in [-0.2, 0) is 11.2 Å². The third kappa shape index (κ3) is 2.36. The number of aromatic nitrogens is 3. The van der Waals surface area contributed by atoms with Crippen molar-refractivity contribution in [2.75, 3.05) is 0 Å². The van der Waals surface area contributed by atoms with Gasteiger partial charge < -0.3 is 5.11 Å². The minimum Gasteiger partial charge on any atom is -0.481 e. The summed E-state index contributed by atoms with van der Waals surface area (Å²) in [6, 6.07) is 11.1. The Kier molecular flexibility index (Phi) is 3.28. The summed E-state index contributed by atoms with van der Waals surface area (Å²) in [5, 5.41) is 9.84. The van der Waals surface area contributed by atoms with Gasteiger partial charge in [0.25, 0.3) is 0 Å². The van der Waals surface area contributed by atoms with Crippen molar-refractivity contribution in [3.05, 3.63) is 52.5 Å². The van der Waals surface area contributed by atoms with Gasteiger partial charge in [0.1, 0.15) is 0 Å². The Balaban J connectivity index is 2.07. The molecule has 0 aliphatic heterocycles. The third-order valence-electron chi connectivity index (χ3n) is 3.53. The predicted molar refractivity (Wildman–Crippen MR) is 90.2 cm³/mol. The number of fused-ring (bicyclic) bond motifs is 3. The van der Waals surface area contributed by atoms with Gasteiger partial charge >= 0.3 is 5.97 Å². The van der Waals surface area contributed by atoms with E-state index in [1.807, 2.05) is 28.7 Å². The minimum atomic E-state index is -0.868. The topological polar surface area (TPSA) is 67.5 Å². The van der Waals surface area contributed by atoms with Crippen molar-refractivity contribution in [2.24, 2.45) is 0 Å². The fraction of sp³-hybridized carbons (Fsp3) is 0.0625. The molecular formula is C16H10ClN3O2S. The van der Waals surface area contributed by atoms with Crippen LogP contribution in [0.2, 0.25) is 5.02 Å². The van der Waals surface area contributed by atoms with Crippen molar-refractivity contribution in [3.63, 3.8) is 0 Å². The standard InChI is InChI=1S/C16H10ClN3O2S/c17-10-5-3-9(4-6-10)14-12(8-13(21)22)23-16-19-15-11(20(14)16)2-1-7-18-15/h1-7H,8H2,(H,21,22). The van der Waals surface area contributed by atoms with Crippen molar-refractivity contribution in [1.82, 2.24) is 14.4 Å². The minimum absolute atomic E-state index is 0.0479. The third-order valence-corrected chi connectivity index (χ3v) is 4.82. The summed E-state index contributed by atoms with van der Waals surface area (Å²) in [5.41, 5.74) is 3.25. The smallest absolute Gasteiger partial charge is 0.308 e. The largest absolute Gasteiger partial charge is 0.481 e. The van der Waals surface area contributed by atoms with Gasteiger partial charge in [-0.25, -0.2) is 4.98 Å². The second-order valence-corrected chi connectivity index (χ2v) is 6.53. The monoisotopic (exact) mass is 343 g/mol. The number of carbonyl (C=O) groups is 1. The SMILES string of the molecule is O=C(O)Cc1sc2nc3ncccc3n2c1-c1ccc(Cl)cc1. The first-order valence-corrected chi connectivity index (χ1v) is 8.05. The molecule has 3 heterocycles. The molecule has 3 aromatic heterocycles. The fourth-order valence-electron chi connectivity index (χ4n) is 2.62. The first kappa shape index (κ1) is 14.2. The Morgan fingerprint density at radius 2 is 2.04 bits per heavy atom. The molecule has 0 amide bonds. The Bertz CT molecular complexity index is 1040. The number of benzene rings is 1. The molecule has 1 aromatic carbocycles. The van der Waals surface area contributed by atoms with Gasteiger partial charge in [-0.05, 0) is 29.8 Å². The number of nitrogens with zero attached hydrogens (tertiary/aromatic N) is 3. The van der Waals surface area contributed by atoms with E-state index in [4.69, 9.17) is 11.6 Å². The molecular weight excluding hydrogens is 334 g/mol. The van der Waals surface area contributed by atoms with Crippen LogP contribution in [-0.4, -0.2) is 25.4 Å². The number of thiazole rings is 1. The molecule has 0 bridgehead atoms. The van der Waals surface area contributed by atoms with Crippen molar-refractivity contribution < 1.29 is 9.90 Å². The molecule has 0 saturated carbocycles. The van der Waals surface area contributed by atoms with Gasteiger partial charge in [-0.2, -0.15) is 4.98 Å². The van der Waals surface area contributed by atoms with Gasteiger partial charge in [-0.15, -0.1) is 0 Å². The highest BCUT2D eigenvalue weighted by molar-refractivity contribution is 7.17. The van der Waals surface area contributed by atoms with Gasteiger partial charge in [0, 0.05) is 16.1 Å². The van der Waals surface area contributed by atoms with E-state index in [2.05, 4.69) is 9.97 Å². The molecule has 23 heavy (non-hydrogen) atoms. The van der Waals surface area contributed by atoms with Gasteiger partial charge in [-0.3, -0.25) is 9.20 Å². The average molecular weight is 344 g/mol. The lowest BCUT2D eigenvalue weighted by atomic mass is 10.1. The van der Waals surface area contributed by atoms with Crippen LogP contribution in [0.4, 0.5) is 0 Å². The maximum Gasteiger partial charge on any atom is 0.308 e. The Labute approximate surface area is 139 Å². The highest BCUT2D eigenvalue weighted by Crippen LogP contribution is 2.35. The quantitative estimate of drug-likeness (QED) is 0.612. The van der Waals surface area contributed by atoms with Gasteiger partial charge in [-0.1, -0.05) is 35.1 Å². The molecule has 4 aromatic rings. The number of hydrogen-bond donors (Lipinski definition) is 1. The lowest BCUT2D eigenvalue weighted by Crippen LogP contribution is -2.00. The number of aliphatic carboxylic acids is 1. The van der Waals surface area contributed by atoms with Crippen LogP contribution in [0.3, 0.4) is 0 Å². The Morgan fingerprint density at radius 1 is 1.26 bits per heavy atom. The summed E-state index contributed by atoms with van der Waals surface area (Å²) in [7, 11) is 0. The van der Waals surface area contributed by atoms with Gasteiger partial charge in [0.2, 0.25) is 0 Å². The first-order valence-electron chi connectivity index (χ1n) is 6.86. The van der Waals surface area contributed by atoms with Gasteiger partial charge in [0.15, 0.2) is 10.6 Å². The molecule has 4 rings (SSSR count). The zero-order chi connectivity index (χ0) is 16.0. The summed E-state index contributed by atoms with van der Waals surface area (Å²) < 4.78 is 1.97. The summed E-state index contributed by atoms with van der Waals surface area (Å²) in [5.74, 6) is -0.868.